The van der Waals surface area contributed by atoms with E-state index in [1.54, 1.807) is 0 Å². The van der Waals surface area contributed by atoms with Gasteiger partial charge in [-0.3, -0.25) is 9.69 Å². The fourth-order valence-electron chi connectivity index (χ4n) is 2.08. The van der Waals surface area contributed by atoms with Crippen molar-refractivity contribution in [2.45, 2.75) is 37.9 Å². The molecule has 2 atom stereocenters. The molecule has 0 radical (unpaired) electrons. The third-order valence-corrected chi connectivity index (χ3v) is 3.35. The minimum absolute atomic E-state index is 0.0990. The molecule has 2 rings (SSSR count). The molecule has 2 unspecified atom stereocenters. The van der Waals surface area contributed by atoms with Gasteiger partial charge in [0, 0.05) is 25.2 Å². The lowest BCUT2D eigenvalue weighted by Gasteiger charge is -2.38. The number of nitrogens with two attached hydrogens (primary N) is 1. The van der Waals surface area contributed by atoms with Gasteiger partial charge in [0.15, 0.2) is 0 Å². The smallest absolute Gasteiger partial charge is 0.237 e. The molecule has 0 bridgehead atoms. The summed E-state index contributed by atoms with van der Waals surface area (Å²) in [5, 5.41) is 3.03. The zero-order valence-corrected chi connectivity index (χ0v) is 9.82. The van der Waals surface area contributed by atoms with Crippen LogP contribution >= 0.6 is 0 Å². The first-order valence-electron chi connectivity index (χ1n) is 6.06. The summed E-state index contributed by atoms with van der Waals surface area (Å²) in [7, 11) is 0. The quantitative estimate of drug-likeness (QED) is 0.667. The van der Waals surface area contributed by atoms with Gasteiger partial charge in [-0.1, -0.05) is 0 Å². The van der Waals surface area contributed by atoms with Gasteiger partial charge in [-0.2, -0.15) is 0 Å². The van der Waals surface area contributed by atoms with E-state index in [-0.39, 0.29) is 18.0 Å². The highest BCUT2D eigenvalue weighted by molar-refractivity contribution is 5.81. The summed E-state index contributed by atoms with van der Waals surface area (Å²) in [5.74, 6) is 0.128. The average molecular weight is 227 g/mol. The van der Waals surface area contributed by atoms with E-state index in [0.717, 1.165) is 19.4 Å². The Balaban J connectivity index is 1.89. The van der Waals surface area contributed by atoms with Crippen LogP contribution in [-0.4, -0.2) is 55.2 Å². The van der Waals surface area contributed by atoms with Crippen LogP contribution in [0, 0.1) is 0 Å². The topological polar surface area (TPSA) is 67.6 Å². The van der Waals surface area contributed by atoms with Crippen LogP contribution in [0.4, 0.5) is 0 Å². The first-order valence-corrected chi connectivity index (χ1v) is 6.06. The second-order valence-corrected chi connectivity index (χ2v) is 4.66. The van der Waals surface area contributed by atoms with Gasteiger partial charge in [-0.05, 0) is 19.8 Å². The summed E-state index contributed by atoms with van der Waals surface area (Å²) >= 11 is 0. The number of rotatable bonds is 4. The molecule has 0 aromatic carbocycles. The Bertz CT molecular complexity index is 256. The first-order chi connectivity index (χ1) is 7.72. The highest BCUT2D eigenvalue weighted by atomic mass is 16.5. The molecule has 16 heavy (non-hydrogen) atoms. The summed E-state index contributed by atoms with van der Waals surface area (Å²) in [5.41, 5.74) is 5.69. The number of carbonyl (C=O) groups excluding carboxylic acids is 1. The van der Waals surface area contributed by atoms with E-state index >= 15 is 0 Å². The van der Waals surface area contributed by atoms with Crippen LogP contribution in [0.25, 0.3) is 0 Å². The Hall–Kier alpha value is -0.650. The van der Waals surface area contributed by atoms with Gasteiger partial charge >= 0.3 is 0 Å². The molecule has 2 fully saturated rings. The van der Waals surface area contributed by atoms with Crippen LogP contribution in [0.15, 0.2) is 0 Å². The van der Waals surface area contributed by atoms with Crippen molar-refractivity contribution in [2.24, 2.45) is 5.73 Å². The van der Waals surface area contributed by atoms with Crippen LogP contribution in [-0.2, 0) is 9.53 Å². The van der Waals surface area contributed by atoms with E-state index in [0.29, 0.717) is 25.8 Å². The van der Waals surface area contributed by atoms with E-state index in [1.807, 2.05) is 6.92 Å². The monoisotopic (exact) mass is 227 g/mol. The molecule has 92 valence electrons. The van der Waals surface area contributed by atoms with Crippen molar-refractivity contribution in [3.8, 4) is 0 Å². The first kappa shape index (κ1) is 11.8. The fourth-order valence-corrected chi connectivity index (χ4v) is 2.08. The van der Waals surface area contributed by atoms with Gasteiger partial charge < -0.3 is 15.8 Å². The molecular weight excluding hydrogens is 206 g/mol. The second kappa shape index (κ2) is 5.12. The van der Waals surface area contributed by atoms with E-state index in [2.05, 4.69) is 10.2 Å². The minimum atomic E-state index is -0.0990. The SMILES string of the molecule is CC(C(=O)NC1CC1)N1CCOCC1CN. The van der Waals surface area contributed by atoms with Gasteiger partial charge in [0.05, 0.1) is 19.3 Å². The maximum absolute atomic E-state index is 11.9. The van der Waals surface area contributed by atoms with Crippen LogP contribution in [0.3, 0.4) is 0 Å². The summed E-state index contributed by atoms with van der Waals surface area (Å²) < 4.78 is 5.37. The number of carbonyl (C=O) groups is 1. The molecule has 1 amide bonds. The van der Waals surface area contributed by atoms with Crippen LogP contribution in [0.2, 0.25) is 0 Å². The summed E-state index contributed by atoms with van der Waals surface area (Å²) in [6.45, 7) is 4.61. The van der Waals surface area contributed by atoms with Crippen molar-refractivity contribution in [3.05, 3.63) is 0 Å². The largest absolute Gasteiger partial charge is 0.378 e. The molecule has 0 aromatic heterocycles. The zero-order valence-electron chi connectivity index (χ0n) is 9.82. The van der Waals surface area contributed by atoms with Gasteiger partial charge in [0.2, 0.25) is 5.91 Å². The third kappa shape index (κ3) is 2.72. The maximum Gasteiger partial charge on any atom is 0.237 e. The predicted molar refractivity (Wildman–Crippen MR) is 61.0 cm³/mol. The molecule has 5 nitrogen and oxygen atoms in total. The average Bonchev–Trinajstić information content (AvgIpc) is 3.11. The van der Waals surface area contributed by atoms with E-state index in [1.165, 1.54) is 0 Å². The van der Waals surface area contributed by atoms with Crippen molar-refractivity contribution in [2.75, 3.05) is 26.3 Å². The number of ether oxygens (including phenoxy) is 1. The number of hydrogen-bond donors (Lipinski definition) is 2. The Morgan fingerprint density at radius 3 is 3.00 bits per heavy atom. The highest BCUT2D eigenvalue weighted by Gasteiger charge is 2.32. The lowest BCUT2D eigenvalue weighted by molar-refractivity contribution is -0.129. The Morgan fingerprint density at radius 2 is 2.38 bits per heavy atom. The normalized spacial score (nSPS) is 28.8. The minimum Gasteiger partial charge on any atom is -0.378 e. The van der Waals surface area contributed by atoms with Gasteiger partial charge in [0.25, 0.3) is 0 Å². The van der Waals surface area contributed by atoms with Crippen LogP contribution in [0.5, 0.6) is 0 Å². The number of morpholine rings is 1. The van der Waals surface area contributed by atoms with E-state index in [4.69, 9.17) is 10.5 Å². The van der Waals surface area contributed by atoms with Crippen LogP contribution in [0.1, 0.15) is 19.8 Å². The number of nitrogens with one attached hydrogen (secondary N) is 1. The van der Waals surface area contributed by atoms with E-state index < -0.39 is 0 Å². The molecule has 1 aliphatic carbocycles. The van der Waals surface area contributed by atoms with Gasteiger partial charge in [0.1, 0.15) is 0 Å². The van der Waals surface area contributed by atoms with Crippen molar-refractivity contribution < 1.29 is 9.53 Å². The molecule has 3 N–H and O–H groups in total. The van der Waals surface area contributed by atoms with Crippen LogP contribution < -0.4 is 11.1 Å². The van der Waals surface area contributed by atoms with Crippen molar-refractivity contribution >= 4 is 5.91 Å². The highest BCUT2D eigenvalue weighted by Crippen LogP contribution is 2.19. The molecule has 0 aromatic rings. The molecule has 1 heterocycles. The van der Waals surface area contributed by atoms with Gasteiger partial charge in [-0.15, -0.1) is 0 Å². The molecule has 1 saturated carbocycles. The standard InChI is InChI=1S/C11H21N3O2/c1-8(11(15)13-9-2-3-9)14-4-5-16-7-10(14)6-12/h8-10H,2-7,12H2,1H3,(H,13,15). The third-order valence-electron chi connectivity index (χ3n) is 3.35. The molecule has 1 aliphatic heterocycles. The van der Waals surface area contributed by atoms with Crippen molar-refractivity contribution in [3.63, 3.8) is 0 Å². The summed E-state index contributed by atoms with van der Waals surface area (Å²) in [6.07, 6.45) is 2.25. The molecular formula is C11H21N3O2. The molecule has 1 saturated heterocycles. The predicted octanol–water partition coefficient (Wildman–Crippen LogP) is -0.687. The Kier molecular flexibility index (Phi) is 3.78. The number of amides is 1. The molecule has 5 heteroatoms. The maximum atomic E-state index is 11.9. The lowest BCUT2D eigenvalue weighted by atomic mass is 10.1. The fraction of sp³-hybridized carbons (Fsp3) is 0.909. The second-order valence-electron chi connectivity index (χ2n) is 4.66. The summed E-state index contributed by atoms with van der Waals surface area (Å²) in [4.78, 5) is 14.1. The molecule has 0 spiro atoms. The molecule has 2 aliphatic rings. The Morgan fingerprint density at radius 1 is 1.62 bits per heavy atom. The number of nitrogens with zero attached hydrogens (tertiary/aromatic N) is 1. The van der Waals surface area contributed by atoms with E-state index in [9.17, 15) is 4.79 Å². The zero-order chi connectivity index (χ0) is 11.5. The van der Waals surface area contributed by atoms with Crippen molar-refractivity contribution in [1.29, 1.82) is 0 Å². The lowest BCUT2D eigenvalue weighted by Crippen LogP contribution is -2.57. The summed E-state index contributed by atoms with van der Waals surface area (Å²) in [6, 6.07) is 0.499. The van der Waals surface area contributed by atoms with Gasteiger partial charge in [-0.25, -0.2) is 0 Å². The van der Waals surface area contributed by atoms with Crippen molar-refractivity contribution in [1.82, 2.24) is 10.2 Å². The Labute approximate surface area is 96.3 Å². The number of hydrogen-bond acceptors (Lipinski definition) is 4.